The molecule has 0 bridgehead atoms. The summed E-state index contributed by atoms with van der Waals surface area (Å²) in [5, 5.41) is 13.2. The Morgan fingerprint density at radius 1 is 0.571 bits per heavy atom. The molecule has 8 nitrogen and oxygen atoms in total. The Morgan fingerprint density at radius 3 is 1.36 bits per heavy atom. The number of nitrogens with zero attached hydrogens (tertiary/aromatic N) is 3. The summed E-state index contributed by atoms with van der Waals surface area (Å²) in [6.45, 7) is 20.8. The van der Waals surface area contributed by atoms with Crippen LogP contribution in [0.15, 0.2) is 194 Å². The van der Waals surface area contributed by atoms with Crippen LogP contribution in [0.4, 0.5) is 0 Å². The van der Waals surface area contributed by atoms with Crippen LogP contribution in [-0.4, -0.2) is 58.3 Å². The molecule has 1 aliphatic heterocycles. The van der Waals surface area contributed by atoms with E-state index in [-0.39, 0.29) is 110 Å². The van der Waals surface area contributed by atoms with Gasteiger partial charge in [0.05, 0.1) is 5.92 Å². The van der Waals surface area contributed by atoms with Crippen LogP contribution in [0.1, 0.15) is 217 Å². The number of aliphatic carboxylic acids is 1. The van der Waals surface area contributed by atoms with Gasteiger partial charge in [0.15, 0.2) is 0 Å². The van der Waals surface area contributed by atoms with E-state index in [1.54, 1.807) is 11.5 Å². The molecule has 1 heterocycles. The molecule has 11 heteroatoms. The molecular formula is C80H114LiN5O3Y2-2. The molecule has 0 amide bonds. The maximum atomic E-state index is 10.3. The van der Waals surface area contributed by atoms with Crippen molar-refractivity contribution in [2.75, 3.05) is 13.2 Å². The zero-order chi connectivity index (χ0) is 62.0. The molecule has 5 N–H and O–H groups in total. The zero-order valence-corrected chi connectivity index (χ0v) is 62.2. The number of hydrogen-bond acceptors (Lipinski definition) is 6. The number of nitrogens with two attached hydrogens (primary N) is 2. The maximum Gasteiger partial charge on any atom is 1.00 e. The fraction of sp³-hybridized carbons (Fsp3) is 0.487. The maximum absolute atomic E-state index is 10.3. The van der Waals surface area contributed by atoms with Crippen LogP contribution in [0.5, 0.6) is 0 Å². The fourth-order valence-electron chi connectivity index (χ4n) is 12.9. The Bertz CT molecular complexity index is 2630. The van der Waals surface area contributed by atoms with Crippen LogP contribution in [0.2, 0.25) is 0 Å². The molecule has 6 aliphatic rings. The summed E-state index contributed by atoms with van der Waals surface area (Å²) >= 11 is 0. The smallest absolute Gasteiger partial charge is 0.652 e. The van der Waals surface area contributed by atoms with Gasteiger partial charge in [0.1, 0.15) is 0 Å². The third-order valence-corrected chi connectivity index (χ3v) is 18.6. The summed E-state index contributed by atoms with van der Waals surface area (Å²) in [7, 11) is 0. The van der Waals surface area contributed by atoms with Gasteiger partial charge in [0.25, 0.3) is 0 Å². The summed E-state index contributed by atoms with van der Waals surface area (Å²) in [6.07, 6.45) is 23.3. The van der Waals surface area contributed by atoms with Crippen LogP contribution in [0, 0.1) is 23.7 Å². The molecule has 0 spiro atoms. The van der Waals surface area contributed by atoms with Gasteiger partial charge in [-0.3, -0.25) is 15.6 Å². The van der Waals surface area contributed by atoms with Gasteiger partial charge in [-0.15, -0.1) is 24.7 Å². The zero-order valence-electron chi connectivity index (χ0n) is 56.6. The second-order valence-electron chi connectivity index (χ2n) is 25.3. The number of rotatable bonds is 15. The van der Waals surface area contributed by atoms with Crippen molar-refractivity contribution in [3.63, 3.8) is 0 Å². The summed E-state index contributed by atoms with van der Waals surface area (Å²) in [5.41, 5.74) is 20.9. The van der Waals surface area contributed by atoms with E-state index in [2.05, 4.69) is 240 Å². The van der Waals surface area contributed by atoms with Crippen molar-refractivity contribution in [3.8, 4) is 0 Å². The summed E-state index contributed by atoms with van der Waals surface area (Å²) in [6, 6.07) is 67.3. The Hall–Kier alpha value is -2.90. The second-order valence-corrected chi connectivity index (χ2v) is 25.3. The van der Waals surface area contributed by atoms with E-state index in [0.717, 1.165) is 58.0 Å². The average molecular weight is 1380 g/mol. The van der Waals surface area contributed by atoms with Crippen molar-refractivity contribution in [2.45, 2.75) is 227 Å². The molecular weight excluding hydrogens is 1260 g/mol. The molecule has 5 fully saturated rings. The monoisotopic (exact) mass is 1380 g/mol. The van der Waals surface area contributed by atoms with Crippen molar-refractivity contribution in [1.82, 2.24) is 9.80 Å². The number of carboxylic acid groups (broad SMARTS) is 1. The van der Waals surface area contributed by atoms with E-state index >= 15 is 0 Å². The first-order valence-corrected chi connectivity index (χ1v) is 33.4. The van der Waals surface area contributed by atoms with E-state index in [4.69, 9.17) is 21.3 Å². The normalized spacial score (nSPS) is 21.4. The third-order valence-electron chi connectivity index (χ3n) is 18.6. The molecule has 6 aromatic carbocycles. The van der Waals surface area contributed by atoms with Gasteiger partial charge in [0.2, 0.25) is 0 Å². The molecule has 0 unspecified atom stereocenters. The van der Waals surface area contributed by atoms with Crippen LogP contribution >= 0.6 is 0 Å². The average Bonchev–Trinajstić information content (AvgIpc) is 2.05. The Kier molecular flexibility index (Phi) is 45.1. The molecule has 9 atom stereocenters. The topological polar surface area (TPSA) is 119 Å². The van der Waals surface area contributed by atoms with Crippen molar-refractivity contribution in [2.24, 2.45) is 23.3 Å². The largest absolute Gasteiger partial charge is 1.00 e. The SMILES string of the molecule is C.C1CCOC1.CC1=CCCC1.C[C-]1CCC[C@H]1N.C[C-]1CCC[C@H]1N(Cc1ccccc1)[C@@H](C)c1ccccc1.C[C@@H]([N-]Cc1ccccc1)c1ccccc1.C[C@H]1CCC[C@H]1N(Cc1ccccc1)[C@@H](C)c1ccccc1.N[C@@H]1CCC[C@@H]1C(=O)O.[Li+].[Y].[Y]. The third kappa shape index (κ3) is 31.2. The molecule has 486 valence electrons. The molecule has 5 aliphatic carbocycles. The Morgan fingerprint density at radius 2 is 1.02 bits per heavy atom. The van der Waals surface area contributed by atoms with Gasteiger partial charge in [-0.2, -0.15) is 26.7 Å². The minimum Gasteiger partial charge on any atom is -0.652 e. The van der Waals surface area contributed by atoms with E-state index < -0.39 is 5.97 Å². The number of hydrogen-bond donors (Lipinski definition) is 3. The van der Waals surface area contributed by atoms with Crippen LogP contribution in [-0.2, 0) is 94.6 Å². The van der Waals surface area contributed by atoms with E-state index in [1.165, 1.54) is 129 Å². The molecule has 2 radical (unpaired) electrons. The van der Waals surface area contributed by atoms with Gasteiger partial charge < -0.3 is 37.4 Å². The molecule has 1 saturated heterocycles. The van der Waals surface area contributed by atoms with E-state index in [0.29, 0.717) is 30.2 Å². The van der Waals surface area contributed by atoms with Gasteiger partial charge in [0, 0.05) is 116 Å². The van der Waals surface area contributed by atoms with Gasteiger partial charge >= 0.3 is 24.8 Å². The Labute approximate surface area is 616 Å². The van der Waals surface area contributed by atoms with Gasteiger partial charge in [-0.25, -0.2) is 0 Å². The van der Waals surface area contributed by atoms with Gasteiger partial charge in [-0.05, 0) is 107 Å². The van der Waals surface area contributed by atoms with Crippen LogP contribution in [0.25, 0.3) is 5.32 Å². The molecule has 91 heavy (non-hydrogen) atoms. The van der Waals surface area contributed by atoms with Crippen molar-refractivity contribution < 1.29 is 98.9 Å². The number of carboxylic acids is 1. The predicted molar refractivity (Wildman–Crippen MR) is 373 cm³/mol. The van der Waals surface area contributed by atoms with Crippen molar-refractivity contribution in [3.05, 3.63) is 244 Å². The van der Waals surface area contributed by atoms with E-state index in [9.17, 15) is 4.79 Å². The summed E-state index contributed by atoms with van der Waals surface area (Å²) < 4.78 is 4.94. The summed E-state index contributed by atoms with van der Waals surface area (Å²) in [5.74, 6) is 2.93. The Balaban J connectivity index is 0.000000382. The number of benzene rings is 6. The minimum atomic E-state index is -0.736. The molecule has 12 rings (SSSR count). The minimum absolute atomic E-state index is 0. The quantitative estimate of drug-likeness (QED) is 0.0532. The predicted octanol–water partition coefficient (Wildman–Crippen LogP) is 17.0. The summed E-state index contributed by atoms with van der Waals surface area (Å²) in [4.78, 5) is 15.7. The molecule has 0 aromatic heterocycles. The number of carbonyl (C=O) groups is 1. The number of ether oxygens (including phenoxy) is 1. The standard InChI is InChI=1S/C21H27N.C21H26N.C15H16N.C6H11NO2.C6H12N.C6H10.C4H8O.CH4.Li.2Y/c2*1-17-10-9-15-21(17)22(16-19-11-5-3-6-12-19)18(2)20-13-7-4-8-14-20;1-13(15-10-6-3-7-11-15)16-12-14-8-4-2-5-9-14;7-5-3-1-2-4(5)6(8)9;1-5-3-2-4-6(5)7;1-6-4-2-3-5-6;1-2-4-5-3-1;;;;/h3-8,11-14,17-18,21H,9-10,15-16H2,1-2H3;3-8,11-14,18,21H,9-10,15-16H2,1-2H3;2-11,13H,12H2,1H3;4-5H,1-3,7H2,(H,8,9);6H,2-4,7H2,1H3;4H,2-3,5H2,1H3;1-4H2;1H4;;;/q;2*-1;;-1;;;;+1;;/t17-,18-,21+;18-,21+;13-;4-,5+;6-;;;;;;/m00101....../s1. The fourth-order valence-corrected chi connectivity index (χ4v) is 12.9. The first-order valence-electron chi connectivity index (χ1n) is 33.4. The van der Waals surface area contributed by atoms with Crippen LogP contribution in [0.3, 0.4) is 0 Å². The molecule has 4 saturated carbocycles. The number of allylic oxidation sites excluding steroid dienone is 2. The van der Waals surface area contributed by atoms with E-state index in [1.807, 2.05) is 12.1 Å². The second kappa shape index (κ2) is 48.7. The first kappa shape index (κ1) is 84.2. The molecule has 6 aromatic rings. The van der Waals surface area contributed by atoms with Crippen molar-refractivity contribution >= 4 is 5.97 Å². The van der Waals surface area contributed by atoms with Crippen LogP contribution < -0.4 is 30.3 Å². The van der Waals surface area contributed by atoms with Gasteiger partial charge in [-0.1, -0.05) is 265 Å². The first-order chi connectivity index (χ1) is 42.3. The van der Waals surface area contributed by atoms with Crippen molar-refractivity contribution in [1.29, 1.82) is 0 Å².